The molecule has 0 atom stereocenters. The van der Waals surface area contributed by atoms with Crippen molar-refractivity contribution in [3.8, 4) is 0 Å². The molecule has 0 bridgehead atoms. The molecule has 1 saturated heterocycles. The van der Waals surface area contributed by atoms with Gasteiger partial charge in [0.2, 0.25) is 0 Å². The highest BCUT2D eigenvalue weighted by atomic mass is 19.1. The summed E-state index contributed by atoms with van der Waals surface area (Å²) in [7, 11) is 1.61. The fourth-order valence-electron chi connectivity index (χ4n) is 2.45. The van der Waals surface area contributed by atoms with E-state index in [0.717, 1.165) is 6.42 Å². The van der Waals surface area contributed by atoms with Crippen molar-refractivity contribution in [3.05, 3.63) is 29.8 Å². The average Bonchev–Trinajstić information content (AvgIpc) is 2.52. The Morgan fingerprint density at radius 1 is 1.23 bits per heavy atom. The number of benzene rings is 1. The maximum Gasteiger partial charge on any atom is 0.317 e. The predicted molar refractivity (Wildman–Crippen MR) is 80.0 cm³/mol. The molecule has 0 aliphatic carbocycles. The van der Waals surface area contributed by atoms with E-state index in [9.17, 15) is 13.6 Å². The first kappa shape index (κ1) is 16.5. The summed E-state index contributed by atoms with van der Waals surface area (Å²) >= 11 is 0. The molecular weight excluding hydrogens is 292 g/mol. The number of piperazine rings is 1. The number of nitrogens with zero attached hydrogens (tertiary/aromatic N) is 2. The Bertz CT molecular complexity index is 485. The zero-order chi connectivity index (χ0) is 15.9. The van der Waals surface area contributed by atoms with Crippen molar-refractivity contribution in [3.63, 3.8) is 0 Å². The molecule has 0 saturated carbocycles. The number of carbonyl (C=O) groups is 1. The number of rotatable bonds is 5. The third-order valence-corrected chi connectivity index (χ3v) is 3.62. The van der Waals surface area contributed by atoms with Crippen molar-refractivity contribution in [1.29, 1.82) is 0 Å². The van der Waals surface area contributed by atoms with Crippen LogP contribution in [0, 0.1) is 11.6 Å². The summed E-state index contributed by atoms with van der Waals surface area (Å²) in [5.74, 6) is -1.14. The molecule has 1 heterocycles. The molecule has 5 nitrogen and oxygen atoms in total. The van der Waals surface area contributed by atoms with Crippen LogP contribution >= 0.6 is 0 Å². The minimum atomic E-state index is -0.572. The number of urea groups is 1. The Labute approximate surface area is 128 Å². The number of carbonyl (C=O) groups excluding carboxylic acids is 1. The summed E-state index contributed by atoms with van der Waals surface area (Å²) in [6.07, 6.45) is 0.753. The van der Waals surface area contributed by atoms with Crippen molar-refractivity contribution >= 4 is 11.7 Å². The zero-order valence-corrected chi connectivity index (χ0v) is 12.6. The molecule has 1 fully saturated rings. The van der Waals surface area contributed by atoms with E-state index in [4.69, 9.17) is 4.74 Å². The summed E-state index contributed by atoms with van der Waals surface area (Å²) in [6.45, 7) is 2.83. The first-order valence-electron chi connectivity index (χ1n) is 7.34. The molecule has 1 aliphatic heterocycles. The second-order valence-corrected chi connectivity index (χ2v) is 5.12. The summed E-state index contributed by atoms with van der Waals surface area (Å²) in [5, 5.41) is 2.80. The molecule has 1 N–H and O–H groups in total. The Morgan fingerprint density at radius 2 is 1.86 bits per heavy atom. The lowest BCUT2D eigenvalue weighted by molar-refractivity contribution is 0.183. The van der Waals surface area contributed by atoms with Crippen LogP contribution in [0.3, 0.4) is 0 Å². The second kappa shape index (κ2) is 7.93. The van der Waals surface area contributed by atoms with Crippen LogP contribution in [-0.2, 0) is 4.74 Å². The number of halogens is 2. The molecule has 1 aromatic rings. The Balaban J connectivity index is 1.84. The van der Waals surface area contributed by atoms with Gasteiger partial charge in [-0.05, 0) is 18.6 Å². The molecule has 1 aliphatic rings. The van der Waals surface area contributed by atoms with Gasteiger partial charge in [-0.3, -0.25) is 0 Å². The largest absolute Gasteiger partial charge is 0.385 e. The van der Waals surface area contributed by atoms with Gasteiger partial charge in [0.15, 0.2) is 0 Å². The van der Waals surface area contributed by atoms with Crippen LogP contribution in [0.25, 0.3) is 0 Å². The SMILES string of the molecule is COCCCNC(=O)N1CCN(c2c(F)cccc2F)CC1. The lowest BCUT2D eigenvalue weighted by Crippen LogP contribution is -2.52. The van der Waals surface area contributed by atoms with Crippen LogP contribution in [0.15, 0.2) is 18.2 Å². The minimum absolute atomic E-state index is 0.0114. The van der Waals surface area contributed by atoms with E-state index in [1.165, 1.54) is 18.2 Å². The molecular formula is C15H21F2N3O2. The third-order valence-electron chi connectivity index (χ3n) is 3.62. The standard InChI is InChI=1S/C15H21F2N3O2/c1-22-11-3-6-18-15(21)20-9-7-19(8-10-20)14-12(16)4-2-5-13(14)17/h2,4-5H,3,6-11H2,1H3,(H,18,21). The molecule has 0 aromatic heterocycles. The monoisotopic (exact) mass is 313 g/mol. The molecule has 0 spiro atoms. The fourth-order valence-corrected chi connectivity index (χ4v) is 2.45. The number of amides is 2. The number of ether oxygens (including phenoxy) is 1. The van der Waals surface area contributed by atoms with Crippen LogP contribution in [0.2, 0.25) is 0 Å². The van der Waals surface area contributed by atoms with Gasteiger partial charge in [-0.25, -0.2) is 13.6 Å². The first-order chi connectivity index (χ1) is 10.6. The molecule has 122 valence electrons. The van der Waals surface area contributed by atoms with E-state index in [1.807, 2.05) is 0 Å². The smallest absolute Gasteiger partial charge is 0.317 e. The van der Waals surface area contributed by atoms with Gasteiger partial charge in [0.25, 0.3) is 0 Å². The topological polar surface area (TPSA) is 44.8 Å². The van der Waals surface area contributed by atoms with E-state index < -0.39 is 11.6 Å². The molecule has 2 amide bonds. The number of hydrogen-bond acceptors (Lipinski definition) is 3. The van der Waals surface area contributed by atoms with Crippen molar-refractivity contribution in [2.75, 3.05) is 51.3 Å². The van der Waals surface area contributed by atoms with E-state index in [1.54, 1.807) is 16.9 Å². The van der Waals surface area contributed by atoms with Gasteiger partial charge in [0.05, 0.1) is 0 Å². The highest BCUT2D eigenvalue weighted by Gasteiger charge is 2.24. The van der Waals surface area contributed by atoms with E-state index >= 15 is 0 Å². The summed E-state index contributed by atoms with van der Waals surface area (Å²) in [5.41, 5.74) is -0.0114. The minimum Gasteiger partial charge on any atom is -0.385 e. The lowest BCUT2D eigenvalue weighted by Gasteiger charge is -2.36. The van der Waals surface area contributed by atoms with E-state index in [0.29, 0.717) is 39.3 Å². The van der Waals surface area contributed by atoms with Crippen molar-refractivity contribution in [1.82, 2.24) is 10.2 Å². The maximum absolute atomic E-state index is 13.7. The average molecular weight is 313 g/mol. The van der Waals surface area contributed by atoms with Gasteiger partial charge in [0, 0.05) is 46.4 Å². The Kier molecular flexibility index (Phi) is 5.94. The van der Waals surface area contributed by atoms with Crippen molar-refractivity contribution in [2.24, 2.45) is 0 Å². The molecule has 0 radical (unpaired) electrons. The number of hydrogen-bond donors (Lipinski definition) is 1. The van der Waals surface area contributed by atoms with Crippen molar-refractivity contribution < 1.29 is 18.3 Å². The van der Waals surface area contributed by atoms with Gasteiger partial charge >= 0.3 is 6.03 Å². The molecule has 2 rings (SSSR count). The highest BCUT2D eigenvalue weighted by molar-refractivity contribution is 5.74. The third kappa shape index (κ3) is 4.07. The van der Waals surface area contributed by atoms with Crippen LogP contribution in [0.1, 0.15) is 6.42 Å². The quantitative estimate of drug-likeness (QED) is 0.844. The van der Waals surface area contributed by atoms with Gasteiger partial charge in [-0.15, -0.1) is 0 Å². The van der Waals surface area contributed by atoms with E-state index in [2.05, 4.69) is 5.32 Å². The lowest BCUT2D eigenvalue weighted by atomic mass is 10.2. The Hall–Kier alpha value is -1.89. The number of para-hydroxylation sites is 1. The fraction of sp³-hybridized carbons (Fsp3) is 0.533. The number of nitrogens with one attached hydrogen (secondary N) is 1. The first-order valence-corrected chi connectivity index (χ1v) is 7.34. The Morgan fingerprint density at radius 3 is 2.45 bits per heavy atom. The normalized spacial score (nSPS) is 15.0. The summed E-state index contributed by atoms with van der Waals surface area (Å²) < 4.78 is 32.4. The van der Waals surface area contributed by atoms with Crippen LogP contribution in [0.4, 0.5) is 19.3 Å². The number of methoxy groups -OCH3 is 1. The summed E-state index contributed by atoms with van der Waals surface area (Å²) in [4.78, 5) is 15.2. The maximum atomic E-state index is 13.7. The zero-order valence-electron chi connectivity index (χ0n) is 12.6. The van der Waals surface area contributed by atoms with Crippen LogP contribution in [-0.4, -0.2) is 57.4 Å². The molecule has 1 aromatic carbocycles. The van der Waals surface area contributed by atoms with Crippen LogP contribution < -0.4 is 10.2 Å². The van der Waals surface area contributed by atoms with Gasteiger partial charge in [-0.1, -0.05) is 6.07 Å². The molecule has 0 unspecified atom stereocenters. The van der Waals surface area contributed by atoms with Gasteiger partial charge in [-0.2, -0.15) is 0 Å². The highest BCUT2D eigenvalue weighted by Crippen LogP contribution is 2.24. The predicted octanol–water partition coefficient (Wildman–Crippen LogP) is 1.83. The van der Waals surface area contributed by atoms with Gasteiger partial charge in [0.1, 0.15) is 17.3 Å². The van der Waals surface area contributed by atoms with Gasteiger partial charge < -0.3 is 19.9 Å². The van der Waals surface area contributed by atoms with Crippen LogP contribution in [0.5, 0.6) is 0 Å². The molecule has 7 heteroatoms. The van der Waals surface area contributed by atoms with E-state index in [-0.39, 0.29) is 11.7 Å². The molecule has 22 heavy (non-hydrogen) atoms. The second-order valence-electron chi connectivity index (χ2n) is 5.12. The number of anilines is 1. The summed E-state index contributed by atoms with van der Waals surface area (Å²) in [6, 6.07) is 3.68. The van der Waals surface area contributed by atoms with Crippen molar-refractivity contribution in [2.45, 2.75) is 6.42 Å².